The van der Waals surface area contributed by atoms with E-state index in [1.54, 1.807) is 23.1 Å². The highest BCUT2D eigenvalue weighted by Gasteiger charge is 2.22. The quantitative estimate of drug-likeness (QED) is 0.431. The zero-order valence-electron chi connectivity index (χ0n) is 19.1. The molecule has 0 N–H and O–H groups in total. The molecule has 0 bridgehead atoms. The van der Waals surface area contributed by atoms with E-state index >= 15 is 0 Å². The summed E-state index contributed by atoms with van der Waals surface area (Å²) in [5.41, 5.74) is 4.65. The number of carbonyl (C=O) groups excluding carboxylic acids is 1. The number of nitrogens with zero attached hydrogens (tertiary/aromatic N) is 3. The molecule has 7 heteroatoms. The van der Waals surface area contributed by atoms with Crippen molar-refractivity contribution < 1.29 is 9.53 Å². The van der Waals surface area contributed by atoms with Crippen LogP contribution in [-0.4, -0.2) is 60.9 Å². The smallest absolute Gasteiger partial charge is 0.229 e. The molecule has 1 saturated heterocycles. The Balaban J connectivity index is 1.48. The third-order valence-electron chi connectivity index (χ3n) is 5.70. The van der Waals surface area contributed by atoms with Crippen LogP contribution >= 0.6 is 23.1 Å². The number of aryl methyl sites for hydroxylation is 3. The topological polar surface area (TPSA) is 45.7 Å². The summed E-state index contributed by atoms with van der Waals surface area (Å²) in [7, 11) is 0. The van der Waals surface area contributed by atoms with Gasteiger partial charge in [-0.25, -0.2) is 4.98 Å². The number of carbonyl (C=O) groups is 1. The maximum Gasteiger partial charge on any atom is 0.229 e. The standard InChI is InChI=1S/C25H31N3O2S2/c1-18-4-6-21(7-5-18)31-15-8-23(29)28(10-9-27-11-13-30-14-12-27)25-26-24-20(3)16-19(2)17-22(24)32-25/h4-7,16-17H,8-15H2,1-3H3. The van der Waals surface area contributed by atoms with Gasteiger partial charge in [0.2, 0.25) is 5.91 Å². The second-order valence-corrected chi connectivity index (χ2v) is 10.5. The second-order valence-electron chi connectivity index (χ2n) is 8.34. The number of morpholine rings is 1. The van der Waals surface area contributed by atoms with Crippen LogP contribution in [0.25, 0.3) is 10.2 Å². The highest BCUT2D eigenvalue weighted by atomic mass is 32.2. The van der Waals surface area contributed by atoms with Gasteiger partial charge in [0.15, 0.2) is 5.13 Å². The van der Waals surface area contributed by atoms with Crippen LogP contribution in [-0.2, 0) is 9.53 Å². The summed E-state index contributed by atoms with van der Waals surface area (Å²) in [6, 6.07) is 12.8. The minimum Gasteiger partial charge on any atom is -0.379 e. The molecule has 4 rings (SSSR count). The van der Waals surface area contributed by atoms with E-state index in [0.29, 0.717) is 13.0 Å². The molecule has 5 nitrogen and oxygen atoms in total. The van der Waals surface area contributed by atoms with Gasteiger partial charge in [0, 0.05) is 43.2 Å². The fraction of sp³-hybridized carbons (Fsp3) is 0.440. The van der Waals surface area contributed by atoms with Crippen molar-refractivity contribution in [2.45, 2.75) is 32.1 Å². The molecule has 0 radical (unpaired) electrons. The van der Waals surface area contributed by atoms with E-state index in [4.69, 9.17) is 9.72 Å². The molecule has 170 valence electrons. The molecule has 1 amide bonds. The number of anilines is 1. The Morgan fingerprint density at radius 3 is 2.62 bits per heavy atom. The van der Waals surface area contributed by atoms with Crippen LogP contribution in [0.2, 0.25) is 0 Å². The van der Waals surface area contributed by atoms with Crippen LogP contribution in [0.15, 0.2) is 41.3 Å². The van der Waals surface area contributed by atoms with Gasteiger partial charge in [-0.15, -0.1) is 11.8 Å². The molecule has 0 saturated carbocycles. The molecule has 0 atom stereocenters. The molecule has 1 aliphatic rings. The molecule has 2 aromatic carbocycles. The van der Waals surface area contributed by atoms with Gasteiger partial charge in [-0.2, -0.15) is 0 Å². The van der Waals surface area contributed by atoms with Crippen molar-refractivity contribution in [3.05, 3.63) is 53.1 Å². The lowest BCUT2D eigenvalue weighted by molar-refractivity contribution is -0.118. The third-order valence-corrected chi connectivity index (χ3v) is 7.74. The number of thiazole rings is 1. The Kier molecular flexibility index (Phi) is 7.84. The minimum atomic E-state index is 0.145. The summed E-state index contributed by atoms with van der Waals surface area (Å²) in [6.45, 7) is 11.2. The first-order chi connectivity index (χ1) is 15.5. The maximum absolute atomic E-state index is 13.3. The number of aromatic nitrogens is 1. The lowest BCUT2D eigenvalue weighted by atomic mass is 10.1. The van der Waals surface area contributed by atoms with Gasteiger partial charge in [-0.3, -0.25) is 14.6 Å². The predicted molar refractivity (Wildman–Crippen MR) is 135 cm³/mol. The van der Waals surface area contributed by atoms with Gasteiger partial charge in [0.25, 0.3) is 0 Å². The van der Waals surface area contributed by atoms with E-state index < -0.39 is 0 Å². The third kappa shape index (κ3) is 5.90. The van der Waals surface area contributed by atoms with Crippen molar-refractivity contribution >= 4 is 44.4 Å². The van der Waals surface area contributed by atoms with Crippen molar-refractivity contribution in [2.24, 2.45) is 0 Å². The molecule has 32 heavy (non-hydrogen) atoms. The number of fused-ring (bicyclic) bond motifs is 1. The molecule has 0 spiro atoms. The van der Waals surface area contributed by atoms with Crippen molar-refractivity contribution in [1.82, 2.24) is 9.88 Å². The van der Waals surface area contributed by atoms with Gasteiger partial charge in [-0.1, -0.05) is 35.1 Å². The van der Waals surface area contributed by atoms with Crippen molar-refractivity contribution in [3.63, 3.8) is 0 Å². The number of hydrogen-bond donors (Lipinski definition) is 0. The van der Waals surface area contributed by atoms with Gasteiger partial charge >= 0.3 is 0 Å². The lowest BCUT2D eigenvalue weighted by Gasteiger charge is -2.29. The van der Waals surface area contributed by atoms with Crippen molar-refractivity contribution in [3.8, 4) is 0 Å². The Bertz CT molecular complexity index is 1060. The largest absolute Gasteiger partial charge is 0.379 e. The van der Waals surface area contributed by atoms with Crippen LogP contribution in [0.3, 0.4) is 0 Å². The number of rotatable bonds is 8. The Labute approximate surface area is 198 Å². The normalized spacial score (nSPS) is 14.7. The Morgan fingerprint density at radius 2 is 1.88 bits per heavy atom. The van der Waals surface area contributed by atoms with Crippen LogP contribution in [0.1, 0.15) is 23.1 Å². The molecule has 2 heterocycles. The van der Waals surface area contributed by atoms with Gasteiger partial charge < -0.3 is 4.74 Å². The van der Waals surface area contributed by atoms with E-state index in [1.165, 1.54) is 16.0 Å². The number of hydrogen-bond acceptors (Lipinski definition) is 6. The molecule has 0 aliphatic carbocycles. The lowest BCUT2D eigenvalue weighted by Crippen LogP contribution is -2.43. The highest BCUT2D eigenvalue weighted by Crippen LogP contribution is 2.32. The second kappa shape index (κ2) is 10.8. The number of benzene rings is 2. The summed E-state index contributed by atoms with van der Waals surface area (Å²) < 4.78 is 6.62. The van der Waals surface area contributed by atoms with Crippen LogP contribution < -0.4 is 4.90 Å². The van der Waals surface area contributed by atoms with Gasteiger partial charge in [0.05, 0.1) is 23.4 Å². The monoisotopic (exact) mass is 469 g/mol. The van der Waals surface area contributed by atoms with E-state index in [9.17, 15) is 4.79 Å². The Morgan fingerprint density at radius 1 is 1.12 bits per heavy atom. The molecule has 1 aromatic heterocycles. The number of ether oxygens (including phenoxy) is 1. The first-order valence-corrected chi connectivity index (χ1v) is 13.0. The average molecular weight is 470 g/mol. The van der Waals surface area contributed by atoms with Crippen LogP contribution in [0.4, 0.5) is 5.13 Å². The highest BCUT2D eigenvalue weighted by molar-refractivity contribution is 7.99. The van der Waals surface area contributed by atoms with E-state index in [-0.39, 0.29) is 5.91 Å². The van der Waals surface area contributed by atoms with Gasteiger partial charge in [-0.05, 0) is 50.1 Å². The van der Waals surface area contributed by atoms with Crippen molar-refractivity contribution in [1.29, 1.82) is 0 Å². The SMILES string of the molecule is Cc1ccc(SCCC(=O)N(CCN2CCOCC2)c2nc3c(C)cc(C)cc3s2)cc1. The fourth-order valence-electron chi connectivity index (χ4n) is 3.89. The summed E-state index contributed by atoms with van der Waals surface area (Å²) in [5.74, 6) is 0.908. The number of amides is 1. The van der Waals surface area contributed by atoms with E-state index in [0.717, 1.165) is 59.5 Å². The fourth-order valence-corrected chi connectivity index (χ4v) is 5.92. The average Bonchev–Trinajstić information content (AvgIpc) is 3.20. The van der Waals surface area contributed by atoms with Crippen molar-refractivity contribution in [2.75, 3.05) is 50.0 Å². The van der Waals surface area contributed by atoms with E-state index in [2.05, 4.69) is 62.1 Å². The maximum atomic E-state index is 13.3. The molecular formula is C25H31N3O2S2. The molecular weight excluding hydrogens is 438 g/mol. The summed E-state index contributed by atoms with van der Waals surface area (Å²) >= 11 is 3.36. The molecule has 0 unspecified atom stereocenters. The predicted octanol–water partition coefficient (Wildman–Crippen LogP) is 5.07. The zero-order valence-corrected chi connectivity index (χ0v) is 20.7. The summed E-state index contributed by atoms with van der Waals surface area (Å²) in [5, 5.41) is 0.812. The number of thioether (sulfide) groups is 1. The minimum absolute atomic E-state index is 0.145. The first kappa shape index (κ1) is 23.2. The van der Waals surface area contributed by atoms with Gasteiger partial charge in [0.1, 0.15) is 0 Å². The molecule has 1 aliphatic heterocycles. The zero-order chi connectivity index (χ0) is 22.5. The first-order valence-electron chi connectivity index (χ1n) is 11.2. The molecule has 1 fully saturated rings. The molecule has 3 aromatic rings. The van der Waals surface area contributed by atoms with E-state index in [1.807, 2.05) is 4.90 Å². The van der Waals surface area contributed by atoms with Crippen LogP contribution in [0, 0.1) is 20.8 Å². The summed E-state index contributed by atoms with van der Waals surface area (Å²) in [4.78, 5) is 23.7. The Hall–Kier alpha value is -1.93. The van der Waals surface area contributed by atoms with Crippen LogP contribution in [0.5, 0.6) is 0 Å². The summed E-state index contributed by atoms with van der Waals surface area (Å²) in [6.07, 6.45) is 0.496.